The number of hydrogen-bond donors (Lipinski definition) is 0. The average molecular weight is 1460 g/mol. The molecular weight excluding hydrogens is 1350 g/mol. The number of pyridine rings is 4. The molecular formula is C102H112N4O4. The first kappa shape index (κ1) is 75.5. The zero-order valence-corrected chi connectivity index (χ0v) is 69.6. The molecule has 0 N–H and O–H groups in total. The van der Waals surface area contributed by atoms with Crippen molar-refractivity contribution in [1.29, 1.82) is 0 Å². The Labute approximate surface area is 649 Å². The average Bonchev–Trinajstić information content (AvgIpc) is 0.710. The van der Waals surface area contributed by atoms with Crippen molar-refractivity contribution in [2.75, 3.05) is 0 Å². The van der Waals surface area contributed by atoms with Crippen LogP contribution in [0.25, 0.3) is 110 Å². The van der Waals surface area contributed by atoms with Crippen LogP contribution < -0.4 is 21.7 Å². The summed E-state index contributed by atoms with van der Waals surface area (Å²) in [5.74, 6) is 1.52. The van der Waals surface area contributed by atoms with Crippen molar-refractivity contribution in [2.45, 2.75) is 248 Å². The predicted molar refractivity (Wildman–Crippen MR) is 469 cm³/mol. The number of hydrogen-bond acceptors (Lipinski definition) is 4. The minimum absolute atomic E-state index is 0.0409. The molecule has 1 aliphatic rings. The largest absolute Gasteiger partial charge is 0.309 e. The first-order valence-corrected chi connectivity index (χ1v) is 40.6. The minimum atomic E-state index is -0.516. The van der Waals surface area contributed by atoms with Gasteiger partial charge in [0.15, 0.2) is 21.7 Å². The Morgan fingerprint density at radius 3 is 0.864 bits per heavy atom. The molecule has 4 aromatic heterocycles. The number of benzene rings is 10. The molecule has 0 fully saturated rings. The van der Waals surface area contributed by atoms with E-state index in [1.807, 2.05) is 24.3 Å². The highest BCUT2D eigenvalue weighted by atomic mass is 16.1. The fourth-order valence-electron chi connectivity index (χ4n) is 18.9. The highest BCUT2D eigenvalue weighted by molar-refractivity contribution is 6.08. The van der Waals surface area contributed by atoms with Crippen LogP contribution in [-0.4, -0.2) is 18.3 Å². The molecule has 10 aromatic carbocycles. The Morgan fingerprint density at radius 2 is 0.536 bits per heavy atom. The topological polar surface area (TPSA) is 88.0 Å². The molecule has 15 rings (SSSR count). The lowest BCUT2D eigenvalue weighted by Gasteiger charge is -2.40. The Kier molecular flexibility index (Phi) is 18.5. The molecule has 2 unspecified atom stereocenters. The van der Waals surface area contributed by atoms with Crippen LogP contribution in [0.3, 0.4) is 0 Å². The summed E-state index contributed by atoms with van der Waals surface area (Å²) in [5, 5.41) is 4.71. The molecule has 0 radical (unpaired) electrons. The number of fused-ring (bicyclic) bond motifs is 10. The molecule has 0 spiro atoms. The number of nitrogens with zero attached hydrogens (tertiary/aromatic N) is 4. The molecule has 8 heteroatoms. The SMILES string of the molecule is CC(C)c1ccc(-n2c3cc(C(C)C)c(C(C)C)cc3c(=O)c3cc4c(cc32)c(=O)c2cc3c(cc2n4-c2ccc(C(C)C)cc2)C(C)CC(C)(C)c2cc4c(=O)c5cc6c(cc5n(-c5ccc(C(C)C)cc5)c4cc2C(C)(C)CC3C)c(=O)c2cc(C(C)(C)C)c(C(C)(C)C)cc2n6-c2ccc(C(C)C)cc2)cc1. The van der Waals surface area contributed by atoms with Crippen molar-refractivity contribution < 1.29 is 0 Å². The van der Waals surface area contributed by atoms with Gasteiger partial charge in [-0.1, -0.05) is 215 Å². The van der Waals surface area contributed by atoms with Crippen LogP contribution in [-0.2, 0) is 21.7 Å². The Hall–Kier alpha value is -9.92. The van der Waals surface area contributed by atoms with Crippen LogP contribution in [0, 0.1) is 0 Å². The lowest BCUT2D eigenvalue weighted by Crippen LogP contribution is -2.31. The van der Waals surface area contributed by atoms with Crippen LogP contribution in [0.4, 0.5) is 0 Å². The summed E-state index contributed by atoms with van der Waals surface area (Å²) in [6.07, 6.45) is 1.43. The molecule has 564 valence electrons. The van der Waals surface area contributed by atoms with Crippen molar-refractivity contribution in [3.8, 4) is 22.7 Å². The third kappa shape index (κ3) is 12.5. The van der Waals surface area contributed by atoms with Crippen LogP contribution in [0.5, 0.6) is 0 Å². The van der Waals surface area contributed by atoms with E-state index in [2.05, 4.69) is 330 Å². The van der Waals surface area contributed by atoms with Gasteiger partial charge in [0.05, 0.1) is 44.1 Å². The van der Waals surface area contributed by atoms with Gasteiger partial charge in [0.25, 0.3) is 0 Å². The van der Waals surface area contributed by atoms with Gasteiger partial charge in [-0.2, -0.15) is 0 Å². The van der Waals surface area contributed by atoms with Crippen molar-refractivity contribution in [3.63, 3.8) is 0 Å². The third-order valence-electron chi connectivity index (χ3n) is 25.1. The maximum atomic E-state index is 16.6. The smallest absolute Gasteiger partial charge is 0.197 e. The summed E-state index contributed by atoms with van der Waals surface area (Å²) in [5.41, 5.74) is 21.9. The van der Waals surface area contributed by atoms with Crippen molar-refractivity contribution in [2.24, 2.45) is 0 Å². The van der Waals surface area contributed by atoms with Crippen LogP contribution in [0.2, 0.25) is 0 Å². The molecule has 14 aromatic rings. The molecule has 0 bridgehead atoms. The van der Waals surface area contributed by atoms with E-state index in [4.69, 9.17) is 0 Å². The fourth-order valence-corrected chi connectivity index (χ4v) is 18.9. The second kappa shape index (κ2) is 26.9. The molecule has 4 heterocycles. The van der Waals surface area contributed by atoms with Gasteiger partial charge in [0.2, 0.25) is 0 Å². The first-order chi connectivity index (χ1) is 51.7. The van der Waals surface area contributed by atoms with Gasteiger partial charge in [0.1, 0.15) is 0 Å². The minimum Gasteiger partial charge on any atom is -0.309 e. The van der Waals surface area contributed by atoms with Gasteiger partial charge < -0.3 is 18.3 Å². The highest BCUT2D eigenvalue weighted by Gasteiger charge is 2.39. The third-order valence-corrected chi connectivity index (χ3v) is 25.1. The molecule has 0 saturated carbocycles. The highest BCUT2D eigenvalue weighted by Crippen LogP contribution is 2.50. The standard InChI is InChI=1S/C102H112N4O4/c1-55(2)63-25-33-67(34-26-63)103-87-45-72(60(11)12)71(59(9)10)41-75(87)95(107)79-47-90-80(48-89(79)103)96(108)76-42-73-61(13)53-102(23,24)86-52-94-78(44-85(86)101(21,22)54-62(14)74(73)46-88(76)104(90)68-35-27-64(28-36-68)56(3)4)98(110)82-50-91-81(49-92(82)106(94)70-39-31-66(32-40-70)58(7)8)97(109)77-43-83(99(15,16)17)84(100(18,19)20)51-93(77)105(91)69-37-29-65(30-38-69)57(5)6/h25-52,55-62H,53-54H2,1-24H3. The van der Waals surface area contributed by atoms with Crippen molar-refractivity contribution >= 4 is 87.2 Å². The van der Waals surface area contributed by atoms with Crippen molar-refractivity contribution in [3.05, 3.63) is 278 Å². The Balaban J connectivity index is 0.995. The van der Waals surface area contributed by atoms with Gasteiger partial charge >= 0.3 is 0 Å². The monoisotopic (exact) mass is 1460 g/mol. The summed E-state index contributed by atoms with van der Waals surface area (Å²) in [6.45, 7) is 54.1. The molecule has 1 aliphatic carbocycles. The van der Waals surface area contributed by atoms with E-state index in [1.165, 1.54) is 44.5 Å². The van der Waals surface area contributed by atoms with Crippen LogP contribution in [0.15, 0.2) is 189 Å². The lowest BCUT2D eigenvalue weighted by atomic mass is 9.64. The second-order valence-electron chi connectivity index (χ2n) is 38.0. The molecule has 8 nitrogen and oxygen atoms in total. The maximum absolute atomic E-state index is 16.6. The molecule has 0 amide bonds. The van der Waals surface area contributed by atoms with Crippen LogP contribution >= 0.6 is 0 Å². The zero-order valence-electron chi connectivity index (χ0n) is 69.6. The van der Waals surface area contributed by atoms with E-state index >= 15 is 19.2 Å². The quantitative estimate of drug-likeness (QED) is 0.128. The van der Waals surface area contributed by atoms with E-state index in [0.717, 1.165) is 67.1 Å². The zero-order chi connectivity index (χ0) is 78.9. The van der Waals surface area contributed by atoms with E-state index in [-0.39, 0.29) is 62.1 Å². The second-order valence-corrected chi connectivity index (χ2v) is 38.0. The van der Waals surface area contributed by atoms with E-state index in [9.17, 15) is 0 Å². The van der Waals surface area contributed by atoms with E-state index in [1.54, 1.807) is 0 Å². The molecule has 0 saturated heterocycles. The van der Waals surface area contributed by atoms with Gasteiger partial charge in [0, 0.05) is 65.8 Å². The van der Waals surface area contributed by atoms with Gasteiger partial charge in [-0.05, 0) is 270 Å². The van der Waals surface area contributed by atoms with Gasteiger partial charge in [-0.25, -0.2) is 0 Å². The van der Waals surface area contributed by atoms with E-state index < -0.39 is 10.8 Å². The lowest BCUT2D eigenvalue weighted by molar-refractivity contribution is 0.386. The van der Waals surface area contributed by atoms with E-state index in [0.29, 0.717) is 95.8 Å². The van der Waals surface area contributed by atoms with Crippen LogP contribution in [0.1, 0.15) is 293 Å². The maximum Gasteiger partial charge on any atom is 0.197 e. The Bertz CT molecular complexity index is 6390. The first-order valence-electron chi connectivity index (χ1n) is 40.6. The molecule has 110 heavy (non-hydrogen) atoms. The summed E-state index contributed by atoms with van der Waals surface area (Å²) >= 11 is 0. The fraction of sp³-hybridized carbons (Fsp3) is 0.373. The summed E-state index contributed by atoms with van der Waals surface area (Å²) in [6, 6.07) is 61.1. The van der Waals surface area contributed by atoms with Gasteiger partial charge in [-0.3, -0.25) is 19.2 Å². The summed E-state index contributed by atoms with van der Waals surface area (Å²) in [4.78, 5) is 64.8. The predicted octanol–water partition coefficient (Wildman–Crippen LogP) is 26.1. The number of aromatic nitrogens is 4. The normalized spacial score (nSPS) is 15.8. The summed E-state index contributed by atoms with van der Waals surface area (Å²) in [7, 11) is 0. The Morgan fingerprint density at radius 1 is 0.291 bits per heavy atom. The van der Waals surface area contributed by atoms with Crippen molar-refractivity contribution in [1.82, 2.24) is 18.3 Å². The summed E-state index contributed by atoms with van der Waals surface area (Å²) < 4.78 is 9.01. The molecule has 2 atom stereocenters. The number of rotatable bonds is 10. The van der Waals surface area contributed by atoms with Gasteiger partial charge in [-0.15, -0.1) is 0 Å². The molecule has 0 aliphatic heterocycles.